The summed E-state index contributed by atoms with van der Waals surface area (Å²) in [6, 6.07) is 7.98. The quantitative estimate of drug-likeness (QED) is 0.422. The lowest BCUT2D eigenvalue weighted by Crippen LogP contribution is -2.10. The summed E-state index contributed by atoms with van der Waals surface area (Å²) >= 11 is 0. The Kier molecular flexibility index (Phi) is 4.90. The second-order valence-electron chi connectivity index (χ2n) is 5.66. The normalized spacial score (nSPS) is 12.6. The van der Waals surface area contributed by atoms with E-state index >= 15 is 0 Å². The van der Waals surface area contributed by atoms with Gasteiger partial charge in [0.05, 0.1) is 12.8 Å². The number of rotatable bonds is 6. The van der Waals surface area contributed by atoms with E-state index in [4.69, 9.17) is 4.74 Å². The molecule has 0 saturated heterocycles. The number of nitrogens with one attached hydrogen (secondary N) is 1. The van der Waals surface area contributed by atoms with Crippen LogP contribution in [0.25, 0.3) is 5.78 Å². The number of aromatic nitrogens is 4. The van der Waals surface area contributed by atoms with E-state index < -0.39 is 0 Å². The van der Waals surface area contributed by atoms with Gasteiger partial charge < -0.3 is 4.74 Å². The molecule has 0 aliphatic carbocycles. The number of aryl methyl sites for hydroxylation is 2. The topological polar surface area (TPSA) is 85.9 Å². The molecule has 0 amide bonds. The van der Waals surface area contributed by atoms with Gasteiger partial charge in [0.25, 0.3) is 11.7 Å². The van der Waals surface area contributed by atoms with E-state index in [-0.39, 0.29) is 12.1 Å². The summed E-state index contributed by atoms with van der Waals surface area (Å²) in [5.41, 5.74) is 5.64. The highest BCUT2D eigenvalue weighted by molar-refractivity contribution is 5.57. The van der Waals surface area contributed by atoms with Crippen molar-refractivity contribution in [3.63, 3.8) is 0 Å². The molecule has 2 aromatic heterocycles. The summed E-state index contributed by atoms with van der Waals surface area (Å²) in [5, 5.41) is 4.35. The number of benzene rings is 1. The summed E-state index contributed by atoms with van der Waals surface area (Å²) in [7, 11) is 1.49. The van der Waals surface area contributed by atoms with Crippen LogP contribution in [0.1, 0.15) is 29.8 Å². The van der Waals surface area contributed by atoms with Gasteiger partial charge >= 0.3 is 0 Å². The van der Waals surface area contributed by atoms with Crippen molar-refractivity contribution in [1.29, 1.82) is 0 Å². The molecule has 1 aromatic carbocycles. The lowest BCUT2D eigenvalue weighted by atomic mass is 10.1. The fourth-order valence-corrected chi connectivity index (χ4v) is 2.57. The number of nitrogens with zero attached hydrogens (tertiary/aromatic N) is 5. The third-order valence-electron chi connectivity index (χ3n) is 3.53. The molecule has 0 spiro atoms. The minimum absolute atomic E-state index is 0.234. The Morgan fingerprint density at radius 3 is 2.72 bits per heavy atom. The van der Waals surface area contributed by atoms with Crippen LogP contribution in [-0.4, -0.2) is 33.0 Å². The molecule has 25 heavy (non-hydrogen) atoms. The van der Waals surface area contributed by atoms with Crippen LogP contribution in [0.2, 0.25) is 0 Å². The van der Waals surface area contributed by atoms with E-state index in [1.807, 2.05) is 39.0 Å². The minimum Gasteiger partial charge on any atom is -0.484 e. The van der Waals surface area contributed by atoms with E-state index in [1.165, 1.54) is 13.4 Å². The SMILES string of the molecule is CON/C=N\c1nc2nccc(C(C)Oc3cc(C)cc(C)c3)n2n1. The summed E-state index contributed by atoms with van der Waals surface area (Å²) in [6.07, 6.45) is 2.81. The molecular weight excluding hydrogens is 320 g/mol. The van der Waals surface area contributed by atoms with E-state index in [0.717, 1.165) is 22.6 Å². The molecule has 0 radical (unpaired) electrons. The molecule has 0 aliphatic rings. The molecule has 1 unspecified atom stereocenters. The molecule has 3 aromatic rings. The first-order chi connectivity index (χ1) is 12.1. The first-order valence-electron chi connectivity index (χ1n) is 7.84. The summed E-state index contributed by atoms with van der Waals surface area (Å²) in [6.45, 7) is 6.05. The molecule has 130 valence electrons. The maximum absolute atomic E-state index is 6.09. The van der Waals surface area contributed by atoms with Crippen LogP contribution in [0.5, 0.6) is 5.75 Å². The Morgan fingerprint density at radius 2 is 2.00 bits per heavy atom. The Morgan fingerprint density at radius 1 is 1.24 bits per heavy atom. The third-order valence-corrected chi connectivity index (χ3v) is 3.53. The molecule has 0 aliphatic heterocycles. The Bertz CT molecular complexity index is 885. The zero-order chi connectivity index (χ0) is 17.8. The number of hydrogen-bond acceptors (Lipinski definition) is 6. The fraction of sp³-hybridized carbons (Fsp3) is 0.294. The summed E-state index contributed by atoms with van der Waals surface area (Å²) < 4.78 is 7.72. The van der Waals surface area contributed by atoms with Crippen molar-refractivity contribution in [3.8, 4) is 5.75 Å². The molecule has 8 heteroatoms. The molecule has 0 bridgehead atoms. The summed E-state index contributed by atoms with van der Waals surface area (Å²) in [5.74, 6) is 1.55. The molecule has 8 nitrogen and oxygen atoms in total. The van der Waals surface area contributed by atoms with E-state index in [1.54, 1.807) is 10.7 Å². The van der Waals surface area contributed by atoms with Gasteiger partial charge in [0.2, 0.25) is 0 Å². The first-order valence-corrected chi connectivity index (χ1v) is 7.84. The molecule has 2 heterocycles. The molecule has 0 fully saturated rings. The standard InChI is InChI=1S/C17H20N6O2/c1-11-7-12(2)9-14(8-11)25-13(3)15-5-6-18-17-21-16(22-23(15)17)19-10-20-24-4/h5-10,13H,1-4H3,(H,19,20,22). The highest BCUT2D eigenvalue weighted by Crippen LogP contribution is 2.24. The lowest BCUT2D eigenvalue weighted by Gasteiger charge is -2.16. The highest BCUT2D eigenvalue weighted by atomic mass is 16.6. The van der Waals surface area contributed by atoms with Gasteiger partial charge in [-0.3, -0.25) is 10.3 Å². The average molecular weight is 340 g/mol. The minimum atomic E-state index is -0.234. The number of fused-ring (bicyclic) bond motifs is 1. The van der Waals surface area contributed by atoms with Crippen molar-refractivity contribution in [2.75, 3.05) is 7.11 Å². The second kappa shape index (κ2) is 7.27. The van der Waals surface area contributed by atoms with E-state index in [2.05, 4.69) is 36.4 Å². The van der Waals surface area contributed by atoms with Gasteiger partial charge in [0.15, 0.2) is 0 Å². The maximum atomic E-state index is 6.09. The van der Waals surface area contributed by atoms with Gasteiger partial charge in [-0.15, -0.1) is 5.10 Å². The van der Waals surface area contributed by atoms with Crippen LogP contribution >= 0.6 is 0 Å². The van der Waals surface area contributed by atoms with Crippen molar-refractivity contribution in [2.45, 2.75) is 26.9 Å². The molecule has 3 rings (SSSR count). The third kappa shape index (κ3) is 3.92. The monoisotopic (exact) mass is 340 g/mol. The molecule has 0 saturated carbocycles. The lowest BCUT2D eigenvalue weighted by molar-refractivity contribution is 0.148. The van der Waals surface area contributed by atoms with E-state index in [9.17, 15) is 0 Å². The predicted molar refractivity (Wildman–Crippen MR) is 94.0 cm³/mol. The number of hydrogen-bond donors (Lipinski definition) is 1. The predicted octanol–water partition coefficient (Wildman–Crippen LogP) is 2.69. The van der Waals surface area contributed by atoms with Gasteiger partial charge in [0, 0.05) is 6.20 Å². The van der Waals surface area contributed by atoms with Crippen LogP contribution in [-0.2, 0) is 4.84 Å². The molecular formula is C17H20N6O2. The number of hydroxylamine groups is 1. The smallest absolute Gasteiger partial charge is 0.272 e. The van der Waals surface area contributed by atoms with Crippen molar-refractivity contribution < 1.29 is 9.57 Å². The van der Waals surface area contributed by atoms with Crippen molar-refractivity contribution in [2.24, 2.45) is 4.99 Å². The zero-order valence-electron chi connectivity index (χ0n) is 14.6. The van der Waals surface area contributed by atoms with Gasteiger partial charge in [-0.2, -0.15) is 14.5 Å². The fourth-order valence-electron chi connectivity index (χ4n) is 2.57. The highest BCUT2D eigenvalue weighted by Gasteiger charge is 2.15. The van der Waals surface area contributed by atoms with Gasteiger partial charge in [-0.1, -0.05) is 6.07 Å². The Labute approximate surface area is 145 Å². The molecule has 1 atom stereocenters. The van der Waals surface area contributed by atoms with Crippen molar-refractivity contribution >= 4 is 18.1 Å². The first kappa shape index (κ1) is 16.8. The average Bonchev–Trinajstić information content (AvgIpc) is 2.96. The largest absolute Gasteiger partial charge is 0.484 e. The number of ether oxygens (including phenoxy) is 1. The Hall–Kier alpha value is -3.00. The van der Waals surface area contributed by atoms with Crippen LogP contribution in [0.3, 0.4) is 0 Å². The summed E-state index contributed by atoms with van der Waals surface area (Å²) in [4.78, 5) is 17.2. The van der Waals surface area contributed by atoms with Crippen molar-refractivity contribution in [1.82, 2.24) is 25.1 Å². The zero-order valence-corrected chi connectivity index (χ0v) is 14.6. The Balaban J connectivity index is 1.89. The van der Waals surface area contributed by atoms with Gasteiger partial charge in [0.1, 0.15) is 18.2 Å². The number of aliphatic imine (C=N–C) groups is 1. The van der Waals surface area contributed by atoms with Gasteiger partial charge in [-0.25, -0.2) is 4.98 Å². The van der Waals surface area contributed by atoms with Crippen LogP contribution in [0, 0.1) is 13.8 Å². The van der Waals surface area contributed by atoms with Crippen molar-refractivity contribution in [3.05, 3.63) is 47.3 Å². The maximum Gasteiger partial charge on any atom is 0.272 e. The van der Waals surface area contributed by atoms with E-state index in [0.29, 0.717) is 5.78 Å². The second-order valence-corrected chi connectivity index (χ2v) is 5.66. The molecule has 1 N–H and O–H groups in total. The van der Waals surface area contributed by atoms with Crippen LogP contribution < -0.4 is 10.2 Å². The van der Waals surface area contributed by atoms with Crippen LogP contribution in [0.4, 0.5) is 5.95 Å². The van der Waals surface area contributed by atoms with Gasteiger partial charge in [-0.05, 0) is 50.1 Å². The van der Waals surface area contributed by atoms with Crippen LogP contribution in [0.15, 0.2) is 35.5 Å².